The summed E-state index contributed by atoms with van der Waals surface area (Å²) in [5.74, 6) is 2.33. The molecule has 0 N–H and O–H groups in total. The van der Waals surface area contributed by atoms with Gasteiger partial charge in [-0.1, -0.05) is 0 Å². The standard InChI is InChI=1S/C21H27N5O3/c1-28-19-16-17(26-9-2-4-20(26)27)5-6-18(19)29-15-14-24-10-12-25(13-11-24)21-22-7-3-8-23-21/h3,5-8,16H,2,4,9-15H2,1H3. The minimum atomic E-state index is 0.167. The minimum Gasteiger partial charge on any atom is -0.493 e. The topological polar surface area (TPSA) is 71.0 Å². The van der Waals surface area contributed by atoms with Gasteiger partial charge < -0.3 is 19.3 Å². The molecule has 1 aromatic carbocycles. The first-order chi connectivity index (χ1) is 14.2. The van der Waals surface area contributed by atoms with E-state index in [4.69, 9.17) is 9.47 Å². The third-order valence-electron chi connectivity index (χ3n) is 5.40. The van der Waals surface area contributed by atoms with Crippen molar-refractivity contribution in [3.8, 4) is 11.5 Å². The van der Waals surface area contributed by atoms with Gasteiger partial charge in [0.15, 0.2) is 11.5 Å². The molecule has 154 valence electrons. The van der Waals surface area contributed by atoms with Crippen LogP contribution in [0.1, 0.15) is 12.8 Å². The van der Waals surface area contributed by atoms with Crippen molar-refractivity contribution in [2.75, 3.05) is 62.8 Å². The van der Waals surface area contributed by atoms with Crippen LogP contribution in [-0.4, -0.2) is 73.8 Å². The van der Waals surface area contributed by atoms with Crippen LogP contribution in [0.5, 0.6) is 11.5 Å². The second kappa shape index (κ2) is 9.09. The van der Waals surface area contributed by atoms with Gasteiger partial charge in [0.05, 0.1) is 7.11 Å². The Hall–Kier alpha value is -2.87. The van der Waals surface area contributed by atoms with Gasteiger partial charge in [-0.25, -0.2) is 9.97 Å². The molecule has 2 aliphatic rings. The molecule has 2 aromatic rings. The van der Waals surface area contributed by atoms with E-state index in [0.717, 1.165) is 57.3 Å². The van der Waals surface area contributed by atoms with Gasteiger partial charge in [-0.2, -0.15) is 0 Å². The van der Waals surface area contributed by atoms with Crippen molar-refractivity contribution >= 4 is 17.5 Å². The number of hydrogen-bond acceptors (Lipinski definition) is 7. The van der Waals surface area contributed by atoms with Crippen molar-refractivity contribution in [2.45, 2.75) is 12.8 Å². The molecule has 0 aliphatic carbocycles. The Kier molecular flexibility index (Phi) is 6.09. The van der Waals surface area contributed by atoms with Crippen LogP contribution in [0.25, 0.3) is 0 Å². The van der Waals surface area contributed by atoms with Crippen LogP contribution in [-0.2, 0) is 4.79 Å². The molecular weight excluding hydrogens is 370 g/mol. The summed E-state index contributed by atoms with van der Waals surface area (Å²) in [6, 6.07) is 7.54. The van der Waals surface area contributed by atoms with Crippen molar-refractivity contribution in [1.82, 2.24) is 14.9 Å². The molecule has 0 bridgehead atoms. The maximum Gasteiger partial charge on any atom is 0.227 e. The van der Waals surface area contributed by atoms with Crippen molar-refractivity contribution in [3.63, 3.8) is 0 Å². The number of nitrogens with zero attached hydrogens (tertiary/aromatic N) is 5. The number of carbonyl (C=O) groups excluding carboxylic acids is 1. The maximum atomic E-state index is 12.0. The Balaban J connectivity index is 1.27. The van der Waals surface area contributed by atoms with E-state index >= 15 is 0 Å². The van der Waals surface area contributed by atoms with Gasteiger partial charge in [-0.15, -0.1) is 0 Å². The average Bonchev–Trinajstić information content (AvgIpc) is 3.21. The Morgan fingerprint density at radius 1 is 1.03 bits per heavy atom. The summed E-state index contributed by atoms with van der Waals surface area (Å²) >= 11 is 0. The highest BCUT2D eigenvalue weighted by Gasteiger charge is 2.23. The average molecular weight is 397 g/mol. The van der Waals surface area contributed by atoms with Crippen LogP contribution in [0, 0.1) is 0 Å². The third kappa shape index (κ3) is 4.59. The highest BCUT2D eigenvalue weighted by Crippen LogP contribution is 2.33. The number of benzene rings is 1. The van der Waals surface area contributed by atoms with Crippen molar-refractivity contribution in [1.29, 1.82) is 0 Å². The summed E-state index contributed by atoms with van der Waals surface area (Å²) in [6.07, 6.45) is 5.08. The number of carbonyl (C=O) groups is 1. The lowest BCUT2D eigenvalue weighted by molar-refractivity contribution is -0.117. The van der Waals surface area contributed by atoms with Crippen LogP contribution < -0.4 is 19.3 Å². The molecule has 1 amide bonds. The Morgan fingerprint density at radius 2 is 1.83 bits per heavy atom. The van der Waals surface area contributed by atoms with Gasteiger partial charge in [0.1, 0.15) is 6.61 Å². The van der Waals surface area contributed by atoms with Gasteiger partial charge in [-0.3, -0.25) is 9.69 Å². The lowest BCUT2D eigenvalue weighted by Gasteiger charge is -2.34. The molecule has 3 heterocycles. The van der Waals surface area contributed by atoms with E-state index in [0.29, 0.717) is 24.5 Å². The second-order valence-corrected chi connectivity index (χ2v) is 7.21. The fourth-order valence-electron chi connectivity index (χ4n) is 3.78. The minimum absolute atomic E-state index is 0.167. The summed E-state index contributed by atoms with van der Waals surface area (Å²) in [5, 5.41) is 0. The molecule has 29 heavy (non-hydrogen) atoms. The largest absolute Gasteiger partial charge is 0.493 e. The van der Waals surface area contributed by atoms with Gasteiger partial charge in [0.25, 0.3) is 0 Å². The molecule has 0 spiro atoms. The van der Waals surface area contributed by atoms with E-state index in [2.05, 4.69) is 19.8 Å². The highest BCUT2D eigenvalue weighted by molar-refractivity contribution is 5.95. The van der Waals surface area contributed by atoms with Crippen LogP contribution in [0.3, 0.4) is 0 Å². The van der Waals surface area contributed by atoms with Crippen LogP contribution in [0.2, 0.25) is 0 Å². The lowest BCUT2D eigenvalue weighted by atomic mass is 10.2. The zero-order valence-electron chi connectivity index (χ0n) is 16.8. The van der Waals surface area contributed by atoms with E-state index in [1.165, 1.54) is 0 Å². The predicted octanol–water partition coefficient (Wildman–Crippen LogP) is 1.81. The first-order valence-corrected chi connectivity index (χ1v) is 10.1. The number of piperazine rings is 1. The second-order valence-electron chi connectivity index (χ2n) is 7.21. The SMILES string of the molecule is COc1cc(N2CCCC2=O)ccc1OCCN1CCN(c2ncccn2)CC1. The molecule has 2 saturated heterocycles. The first-order valence-electron chi connectivity index (χ1n) is 10.1. The zero-order chi connectivity index (χ0) is 20.1. The van der Waals surface area contributed by atoms with Gasteiger partial charge in [-0.05, 0) is 24.6 Å². The van der Waals surface area contributed by atoms with E-state index in [-0.39, 0.29) is 5.91 Å². The fourth-order valence-corrected chi connectivity index (χ4v) is 3.78. The molecule has 2 aliphatic heterocycles. The smallest absolute Gasteiger partial charge is 0.227 e. The normalized spacial score (nSPS) is 17.6. The zero-order valence-corrected chi connectivity index (χ0v) is 16.8. The maximum absolute atomic E-state index is 12.0. The molecule has 4 rings (SSSR count). The number of rotatable bonds is 7. The molecule has 8 nitrogen and oxygen atoms in total. The number of methoxy groups -OCH3 is 1. The molecule has 0 saturated carbocycles. The first kappa shape index (κ1) is 19.4. The summed E-state index contributed by atoms with van der Waals surface area (Å²) in [7, 11) is 1.63. The molecule has 0 atom stereocenters. The van der Waals surface area contributed by atoms with Crippen LogP contribution in [0.15, 0.2) is 36.7 Å². The fraction of sp³-hybridized carbons (Fsp3) is 0.476. The molecule has 0 radical (unpaired) electrons. The van der Waals surface area contributed by atoms with Crippen LogP contribution in [0.4, 0.5) is 11.6 Å². The number of hydrogen-bond donors (Lipinski definition) is 0. The quantitative estimate of drug-likeness (QED) is 0.706. The van der Waals surface area contributed by atoms with E-state index in [9.17, 15) is 4.79 Å². The molecule has 8 heteroatoms. The summed E-state index contributed by atoms with van der Waals surface area (Å²) in [6.45, 7) is 5.92. The predicted molar refractivity (Wildman–Crippen MR) is 111 cm³/mol. The molecule has 2 fully saturated rings. The Morgan fingerprint density at radius 3 is 2.52 bits per heavy atom. The van der Waals surface area contributed by atoms with Crippen molar-refractivity contribution in [3.05, 3.63) is 36.7 Å². The van der Waals surface area contributed by atoms with Crippen molar-refractivity contribution in [2.24, 2.45) is 0 Å². The third-order valence-corrected chi connectivity index (χ3v) is 5.40. The lowest BCUT2D eigenvalue weighted by Crippen LogP contribution is -2.48. The number of aromatic nitrogens is 2. The summed E-state index contributed by atoms with van der Waals surface area (Å²) in [4.78, 5) is 27.0. The summed E-state index contributed by atoms with van der Waals surface area (Å²) < 4.78 is 11.5. The number of anilines is 2. The molecular formula is C21H27N5O3. The van der Waals surface area contributed by atoms with Gasteiger partial charge >= 0.3 is 0 Å². The van der Waals surface area contributed by atoms with Crippen molar-refractivity contribution < 1.29 is 14.3 Å². The van der Waals surface area contributed by atoms with Gasteiger partial charge in [0, 0.05) is 69.8 Å². The molecule has 0 unspecified atom stereocenters. The Bertz CT molecular complexity index is 824. The number of amides is 1. The summed E-state index contributed by atoms with van der Waals surface area (Å²) in [5.41, 5.74) is 0.871. The monoisotopic (exact) mass is 397 g/mol. The van der Waals surface area contributed by atoms with E-state index in [1.54, 1.807) is 19.5 Å². The van der Waals surface area contributed by atoms with Crippen LogP contribution >= 0.6 is 0 Å². The number of ether oxygens (including phenoxy) is 2. The van der Waals surface area contributed by atoms with E-state index < -0.39 is 0 Å². The molecule has 1 aromatic heterocycles. The van der Waals surface area contributed by atoms with Gasteiger partial charge in [0.2, 0.25) is 11.9 Å². The Labute approximate surface area is 171 Å². The highest BCUT2D eigenvalue weighted by atomic mass is 16.5. The van der Waals surface area contributed by atoms with E-state index in [1.807, 2.05) is 29.2 Å².